The zero-order chi connectivity index (χ0) is 14.6. The number of rotatable bonds is 6. The van der Waals surface area contributed by atoms with E-state index in [0.29, 0.717) is 13.2 Å². The molecule has 20 heavy (non-hydrogen) atoms. The van der Waals surface area contributed by atoms with Gasteiger partial charge < -0.3 is 19.9 Å². The molecule has 0 saturated heterocycles. The molecular weight excluding hydrogens is 254 g/mol. The highest BCUT2D eigenvalue weighted by Crippen LogP contribution is 2.32. The van der Waals surface area contributed by atoms with Crippen LogP contribution in [-0.4, -0.2) is 31.5 Å². The molecule has 1 atom stereocenters. The van der Waals surface area contributed by atoms with Crippen LogP contribution in [-0.2, 0) is 0 Å². The van der Waals surface area contributed by atoms with Gasteiger partial charge in [0.1, 0.15) is 13.2 Å². The Labute approximate surface area is 121 Å². The van der Waals surface area contributed by atoms with E-state index in [1.54, 1.807) is 0 Å². The van der Waals surface area contributed by atoms with Gasteiger partial charge in [-0.1, -0.05) is 19.9 Å². The van der Waals surface area contributed by atoms with E-state index in [0.717, 1.165) is 24.5 Å². The molecule has 1 aromatic carbocycles. The average Bonchev–Trinajstić information content (AvgIpc) is 2.44. The zero-order valence-electron chi connectivity index (χ0n) is 12.6. The summed E-state index contributed by atoms with van der Waals surface area (Å²) in [6.45, 7) is 8.79. The minimum atomic E-state index is 0.0941. The highest BCUT2D eigenvalue weighted by molar-refractivity contribution is 5.44. The van der Waals surface area contributed by atoms with E-state index in [9.17, 15) is 0 Å². The van der Waals surface area contributed by atoms with Crippen LogP contribution >= 0.6 is 0 Å². The van der Waals surface area contributed by atoms with Crippen LogP contribution in [0.15, 0.2) is 18.2 Å². The Balaban J connectivity index is 1.97. The normalized spacial score (nSPS) is 16.0. The average molecular weight is 279 g/mol. The number of hydrogen-bond donors (Lipinski definition) is 2. The van der Waals surface area contributed by atoms with Gasteiger partial charge in [0.25, 0.3) is 0 Å². The molecule has 0 fully saturated rings. The Bertz CT molecular complexity index is 445. The van der Waals surface area contributed by atoms with Gasteiger partial charge in [0.2, 0.25) is 0 Å². The van der Waals surface area contributed by atoms with Gasteiger partial charge in [-0.05, 0) is 36.5 Å². The monoisotopic (exact) mass is 279 g/mol. The molecule has 2 N–H and O–H groups in total. The zero-order valence-corrected chi connectivity index (χ0v) is 12.6. The third-order valence-electron chi connectivity index (χ3n) is 3.74. The van der Waals surface area contributed by atoms with Crippen molar-refractivity contribution in [1.82, 2.24) is 5.32 Å². The number of aliphatic hydroxyl groups excluding tert-OH is 1. The standard InChI is InChI=1S/C16H25NO3/c1-12(17-11-16(2,3)6-7-18)13-4-5-14-15(10-13)20-9-8-19-14/h4-5,10,12,17-18H,6-9,11H2,1-3H3. The van der Waals surface area contributed by atoms with Crippen molar-refractivity contribution in [3.8, 4) is 11.5 Å². The van der Waals surface area contributed by atoms with E-state index >= 15 is 0 Å². The van der Waals surface area contributed by atoms with E-state index in [1.807, 2.05) is 12.1 Å². The van der Waals surface area contributed by atoms with Crippen molar-refractivity contribution in [1.29, 1.82) is 0 Å². The van der Waals surface area contributed by atoms with E-state index in [-0.39, 0.29) is 18.1 Å². The van der Waals surface area contributed by atoms with Crippen molar-refractivity contribution in [3.63, 3.8) is 0 Å². The molecule has 0 spiro atoms. The lowest BCUT2D eigenvalue weighted by Crippen LogP contribution is -2.32. The van der Waals surface area contributed by atoms with Gasteiger partial charge in [0, 0.05) is 19.2 Å². The van der Waals surface area contributed by atoms with E-state index in [2.05, 4.69) is 32.2 Å². The maximum Gasteiger partial charge on any atom is 0.161 e. The maximum atomic E-state index is 9.06. The molecule has 1 aliphatic rings. The van der Waals surface area contributed by atoms with Crippen LogP contribution < -0.4 is 14.8 Å². The van der Waals surface area contributed by atoms with Gasteiger partial charge >= 0.3 is 0 Å². The highest BCUT2D eigenvalue weighted by Gasteiger charge is 2.19. The van der Waals surface area contributed by atoms with Crippen LogP contribution in [0.4, 0.5) is 0 Å². The van der Waals surface area contributed by atoms with Crippen molar-refractivity contribution in [3.05, 3.63) is 23.8 Å². The summed E-state index contributed by atoms with van der Waals surface area (Å²) in [7, 11) is 0. The van der Waals surface area contributed by atoms with Gasteiger partial charge in [-0.2, -0.15) is 0 Å². The number of nitrogens with one attached hydrogen (secondary N) is 1. The van der Waals surface area contributed by atoms with Gasteiger partial charge in [-0.15, -0.1) is 0 Å². The van der Waals surface area contributed by atoms with Crippen molar-refractivity contribution >= 4 is 0 Å². The summed E-state index contributed by atoms with van der Waals surface area (Å²) in [5, 5.41) is 12.6. The van der Waals surface area contributed by atoms with Crippen molar-refractivity contribution in [2.45, 2.75) is 33.2 Å². The lowest BCUT2D eigenvalue weighted by Gasteiger charge is -2.27. The molecule has 1 heterocycles. The Morgan fingerprint density at radius 2 is 1.95 bits per heavy atom. The number of aliphatic hydroxyl groups is 1. The van der Waals surface area contributed by atoms with Crippen LogP contribution in [0.2, 0.25) is 0 Å². The molecule has 0 aliphatic carbocycles. The number of ether oxygens (including phenoxy) is 2. The van der Waals surface area contributed by atoms with E-state index < -0.39 is 0 Å². The van der Waals surface area contributed by atoms with Crippen LogP contribution in [0.5, 0.6) is 11.5 Å². The summed E-state index contributed by atoms with van der Waals surface area (Å²) in [4.78, 5) is 0. The molecule has 1 unspecified atom stereocenters. The molecule has 0 aromatic heterocycles. The van der Waals surface area contributed by atoms with Crippen molar-refractivity contribution < 1.29 is 14.6 Å². The van der Waals surface area contributed by atoms with Gasteiger partial charge in [-0.25, -0.2) is 0 Å². The molecule has 112 valence electrons. The molecule has 1 aromatic rings. The molecule has 2 rings (SSSR count). The van der Waals surface area contributed by atoms with Crippen LogP contribution in [0.3, 0.4) is 0 Å². The summed E-state index contributed by atoms with van der Waals surface area (Å²) in [5.74, 6) is 1.66. The Kier molecular flexibility index (Phi) is 4.89. The first-order chi connectivity index (χ1) is 9.52. The number of hydrogen-bond acceptors (Lipinski definition) is 4. The summed E-state index contributed by atoms with van der Waals surface area (Å²) < 4.78 is 11.1. The highest BCUT2D eigenvalue weighted by atomic mass is 16.6. The second-order valence-electron chi connectivity index (χ2n) is 6.14. The molecule has 0 radical (unpaired) electrons. The Morgan fingerprint density at radius 1 is 1.25 bits per heavy atom. The second kappa shape index (κ2) is 6.46. The molecule has 4 heteroatoms. The fourth-order valence-corrected chi connectivity index (χ4v) is 2.27. The van der Waals surface area contributed by atoms with E-state index in [4.69, 9.17) is 14.6 Å². The summed E-state index contributed by atoms with van der Waals surface area (Å²) in [5.41, 5.74) is 1.28. The van der Waals surface area contributed by atoms with Crippen LogP contribution in [0.25, 0.3) is 0 Å². The van der Waals surface area contributed by atoms with Gasteiger partial charge in [0.05, 0.1) is 0 Å². The van der Waals surface area contributed by atoms with Gasteiger partial charge in [0.15, 0.2) is 11.5 Å². The molecule has 1 aliphatic heterocycles. The maximum absolute atomic E-state index is 9.06. The van der Waals surface area contributed by atoms with Crippen LogP contribution in [0.1, 0.15) is 38.8 Å². The van der Waals surface area contributed by atoms with E-state index in [1.165, 1.54) is 5.56 Å². The van der Waals surface area contributed by atoms with Gasteiger partial charge in [-0.3, -0.25) is 0 Å². The fourth-order valence-electron chi connectivity index (χ4n) is 2.27. The molecule has 0 bridgehead atoms. The summed E-state index contributed by atoms with van der Waals surface area (Å²) >= 11 is 0. The predicted octanol–water partition coefficient (Wildman–Crippen LogP) is 2.52. The number of fused-ring (bicyclic) bond motifs is 1. The summed E-state index contributed by atoms with van der Waals surface area (Å²) in [6.07, 6.45) is 0.799. The Morgan fingerprint density at radius 3 is 2.65 bits per heavy atom. The molecule has 0 saturated carbocycles. The topological polar surface area (TPSA) is 50.7 Å². The SMILES string of the molecule is CC(NCC(C)(C)CCO)c1ccc2c(c1)OCCO2. The van der Waals surface area contributed by atoms with Crippen LogP contribution in [0, 0.1) is 5.41 Å². The predicted molar refractivity (Wildman–Crippen MR) is 79.3 cm³/mol. The second-order valence-corrected chi connectivity index (χ2v) is 6.14. The first-order valence-corrected chi connectivity index (χ1v) is 7.26. The largest absolute Gasteiger partial charge is 0.486 e. The number of benzene rings is 1. The molecule has 0 amide bonds. The third kappa shape index (κ3) is 3.87. The quantitative estimate of drug-likeness (QED) is 0.840. The van der Waals surface area contributed by atoms with Crippen molar-refractivity contribution in [2.24, 2.45) is 5.41 Å². The smallest absolute Gasteiger partial charge is 0.161 e. The fraction of sp³-hybridized carbons (Fsp3) is 0.625. The van der Waals surface area contributed by atoms with Crippen molar-refractivity contribution in [2.75, 3.05) is 26.4 Å². The lowest BCUT2D eigenvalue weighted by molar-refractivity contribution is 0.171. The lowest BCUT2D eigenvalue weighted by atomic mass is 9.89. The molecular formula is C16H25NO3. The Hall–Kier alpha value is -1.26. The molecule has 4 nitrogen and oxygen atoms in total. The minimum absolute atomic E-state index is 0.0941. The minimum Gasteiger partial charge on any atom is -0.486 e. The third-order valence-corrected chi connectivity index (χ3v) is 3.74. The first-order valence-electron chi connectivity index (χ1n) is 7.26. The first kappa shape index (κ1) is 15.1. The summed E-state index contributed by atoms with van der Waals surface area (Å²) in [6, 6.07) is 6.33.